The molecule has 0 bridgehead atoms. The number of likely N-dealkylation sites (tertiary alicyclic amines) is 1. The van der Waals surface area contributed by atoms with Gasteiger partial charge in [0.15, 0.2) is 0 Å². The van der Waals surface area contributed by atoms with Crippen LogP contribution >= 0.6 is 0 Å². The first-order valence-corrected chi connectivity index (χ1v) is 7.40. The molecule has 22 heavy (non-hydrogen) atoms. The average Bonchev–Trinajstić information content (AvgIpc) is 3.18. The second-order valence-electron chi connectivity index (χ2n) is 5.53. The number of ether oxygens (including phenoxy) is 1. The van der Waals surface area contributed by atoms with E-state index in [1.165, 1.54) is 4.90 Å². The number of rotatable bonds is 3. The molecule has 0 radical (unpaired) electrons. The van der Waals surface area contributed by atoms with E-state index < -0.39 is 23.7 Å². The van der Waals surface area contributed by atoms with Crippen LogP contribution in [0.2, 0.25) is 0 Å². The van der Waals surface area contributed by atoms with Gasteiger partial charge >= 0.3 is 6.03 Å². The molecule has 5 nitrogen and oxygen atoms in total. The number of hydroxylamine groups is 1. The fourth-order valence-electron chi connectivity index (χ4n) is 2.90. The van der Waals surface area contributed by atoms with Crippen LogP contribution in [-0.4, -0.2) is 36.8 Å². The van der Waals surface area contributed by atoms with Gasteiger partial charge in [-0.3, -0.25) is 4.84 Å². The SMILES string of the molecule is O=C(NOC1CCOC1)N1CCCC1c1cc(F)ccc1F. The number of hydrogen-bond acceptors (Lipinski definition) is 3. The molecule has 1 N–H and O–H groups in total. The van der Waals surface area contributed by atoms with Crippen LogP contribution in [0.25, 0.3) is 0 Å². The van der Waals surface area contributed by atoms with Crippen molar-refractivity contribution in [2.75, 3.05) is 19.8 Å². The summed E-state index contributed by atoms with van der Waals surface area (Å²) in [4.78, 5) is 19.0. The molecule has 0 aromatic heterocycles. The van der Waals surface area contributed by atoms with Crippen molar-refractivity contribution in [2.24, 2.45) is 0 Å². The van der Waals surface area contributed by atoms with Crippen molar-refractivity contribution in [1.29, 1.82) is 0 Å². The molecule has 0 spiro atoms. The van der Waals surface area contributed by atoms with Gasteiger partial charge in [-0.05, 0) is 31.0 Å². The van der Waals surface area contributed by atoms with Crippen molar-refractivity contribution in [1.82, 2.24) is 10.4 Å². The monoisotopic (exact) mass is 312 g/mol. The number of halogens is 2. The fourth-order valence-corrected chi connectivity index (χ4v) is 2.90. The Kier molecular flexibility index (Phi) is 4.54. The van der Waals surface area contributed by atoms with E-state index in [-0.39, 0.29) is 11.7 Å². The van der Waals surface area contributed by atoms with Crippen LogP contribution in [0, 0.1) is 11.6 Å². The predicted octanol–water partition coefficient (Wildman–Crippen LogP) is 2.53. The Morgan fingerprint density at radius 3 is 3.00 bits per heavy atom. The zero-order valence-corrected chi connectivity index (χ0v) is 12.1. The van der Waals surface area contributed by atoms with Crippen LogP contribution in [0.4, 0.5) is 13.6 Å². The molecule has 2 fully saturated rings. The first-order chi connectivity index (χ1) is 10.6. The van der Waals surface area contributed by atoms with Gasteiger partial charge in [-0.1, -0.05) is 0 Å². The Morgan fingerprint density at radius 2 is 2.23 bits per heavy atom. The Bertz CT molecular complexity index is 550. The molecule has 2 aliphatic rings. The largest absolute Gasteiger partial charge is 0.379 e. The molecule has 2 atom stereocenters. The van der Waals surface area contributed by atoms with Crippen LogP contribution in [-0.2, 0) is 9.57 Å². The topological polar surface area (TPSA) is 50.8 Å². The van der Waals surface area contributed by atoms with Gasteiger partial charge < -0.3 is 9.64 Å². The Balaban J connectivity index is 1.66. The third kappa shape index (κ3) is 3.20. The number of amides is 2. The van der Waals surface area contributed by atoms with Crippen molar-refractivity contribution in [3.8, 4) is 0 Å². The molecule has 1 aromatic rings. The minimum absolute atomic E-state index is 0.157. The smallest absolute Gasteiger partial charge is 0.341 e. The second-order valence-corrected chi connectivity index (χ2v) is 5.53. The molecular formula is C15H18F2N2O3. The van der Waals surface area contributed by atoms with Crippen molar-refractivity contribution >= 4 is 6.03 Å². The van der Waals surface area contributed by atoms with Crippen molar-refractivity contribution < 1.29 is 23.1 Å². The Morgan fingerprint density at radius 1 is 1.36 bits per heavy atom. The zero-order chi connectivity index (χ0) is 15.5. The molecule has 2 aliphatic heterocycles. The van der Waals surface area contributed by atoms with E-state index in [4.69, 9.17) is 9.57 Å². The maximum Gasteiger partial charge on any atom is 0.341 e. The molecule has 1 aromatic carbocycles. The van der Waals surface area contributed by atoms with Gasteiger partial charge in [0.25, 0.3) is 0 Å². The number of urea groups is 1. The molecule has 2 saturated heterocycles. The molecule has 0 saturated carbocycles. The van der Waals surface area contributed by atoms with Gasteiger partial charge in [0, 0.05) is 25.1 Å². The summed E-state index contributed by atoms with van der Waals surface area (Å²) in [6.07, 6.45) is 1.90. The molecular weight excluding hydrogens is 294 g/mol. The summed E-state index contributed by atoms with van der Waals surface area (Å²) < 4.78 is 32.4. The summed E-state index contributed by atoms with van der Waals surface area (Å²) in [6, 6.07) is 2.40. The number of nitrogens with one attached hydrogen (secondary N) is 1. The number of nitrogens with zero attached hydrogens (tertiary/aromatic N) is 1. The molecule has 120 valence electrons. The lowest BCUT2D eigenvalue weighted by atomic mass is 10.0. The molecule has 0 aliphatic carbocycles. The Hall–Kier alpha value is -1.73. The van der Waals surface area contributed by atoms with E-state index in [0.717, 1.165) is 31.0 Å². The van der Waals surface area contributed by atoms with E-state index in [0.29, 0.717) is 26.2 Å². The zero-order valence-electron chi connectivity index (χ0n) is 12.1. The van der Waals surface area contributed by atoms with Crippen LogP contribution in [0.1, 0.15) is 30.9 Å². The van der Waals surface area contributed by atoms with Gasteiger partial charge in [0.05, 0.1) is 12.6 Å². The third-order valence-electron chi connectivity index (χ3n) is 4.03. The first-order valence-electron chi connectivity index (χ1n) is 7.40. The maximum atomic E-state index is 13.9. The number of hydrogen-bond donors (Lipinski definition) is 1. The van der Waals surface area contributed by atoms with Gasteiger partial charge in [-0.25, -0.2) is 19.1 Å². The van der Waals surface area contributed by atoms with E-state index in [2.05, 4.69) is 5.48 Å². The highest BCUT2D eigenvalue weighted by molar-refractivity contribution is 5.74. The van der Waals surface area contributed by atoms with E-state index in [9.17, 15) is 13.6 Å². The van der Waals surface area contributed by atoms with E-state index in [1.54, 1.807) is 0 Å². The third-order valence-corrected chi connectivity index (χ3v) is 4.03. The Labute approximate surface area is 127 Å². The van der Waals surface area contributed by atoms with Gasteiger partial charge in [-0.15, -0.1) is 0 Å². The highest BCUT2D eigenvalue weighted by Crippen LogP contribution is 2.33. The van der Waals surface area contributed by atoms with Crippen molar-refractivity contribution in [2.45, 2.75) is 31.4 Å². The van der Waals surface area contributed by atoms with Crippen molar-refractivity contribution in [3.05, 3.63) is 35.4 Å². The minimum Gasteiger partial charge on any atom is -0.379 e. The van der Waals surface area contributed by atoms with Gasteiger partial charge in [0.1, 0.15) is 17.7 Å². The molecule has 2 amide bonds. The average molecular weight is 312 g/mol. The summed E-state index contributed by atoms with van der Waals surface area (Å²) in [5, 5.41) is 0. The van der Waals surface area contributed by atoms with Crippen LogP contribution < -0.4 is 5.48 Å². The summed E-state index contributed by atoms with van der Waals surface area (Å²) in [7, 11) is 0. The molecule has 3 rings (SSSR count). The summed E-state index contributed by atoms with van der Waals surface area (Å²) in [6.45, 7) is 1.54. The second kappa shape index (κ2) is 6.58. The maximum absolute atomic E-state index is 13.9. The lowest BCUT2D eigenvalue weighted by Crippen LogP contribution is -2.41. The first kappa shape index (κ1) is 15.2. The van der Waals surface area contributed by atoms with E-state index >= 15 is 0 Å². The molecule has 7 heteroatoms. The van der Waals surface area contributed by atoms with Crippen LogP contribution in [0.15, 0.2) is 18.2 Å². The van der Waals surface area contributed by atoms with Crippen LogP contribution in [0.3, 0.4) is 0 Å². The number of carbonyl (C=O) groups excluding carboxylic acids is 1. The predicted molar refractivity (Wildman–Crippen MR) is 73.9 cm³/mol. The molecule has 2 heterocycles. The highest BCUT2D eigenvalue weighted by atomic mass is 19.1. The molecule has 2 unspecified atom stereocenters. The normalized spacial score (nSPS) is 24.7. The van der Waals surface area contributed by atoms with E-state index in [1.807, 2.05) is 0 Å². The summed E-state index contributed by atoms with van der Waals surface area (Å²) in [5.41, 5.74) is 2.60. The van der Waals surface area contributed by atoms with Crippen molar-refractivity contribution in [3.63, 3.8) is 0 Å². The summed E-state index contributed by atoms with van der Waals surface area (Å²) >= 11 is 0. The lowest BCUT2D eigenvalue weighted by molar-refractivity contribution is -0.0162. The minimum atomic E-state index is -0.511. The number of carbonyl (C=O) groups is 1. The lowest BCUT2D eigenvalue weighted by Gasteiger charge is -2.26. The quantitative estimate of drug-likeness (QED) is 0.873. The fraction of sp³-hybridized carbons (Fsp3) is 0.533. The number of benzene rings is 1. The summed E-state index contributed by atoms with van der Waals surface area (Å²) in [5.74, 6) is -1.01. The highest BCUT2D eigenvalue weighted by Gasteiger charge is 2.32. The standard InChI is InChI=1S/C15H18F2N2O3/c16-10-3-4-13(17)12(8-10)14-2-1-6-19(14)15(20)18-22-11-5-7-21-9-11/h3-4,8,11,14H,1-2,5-7,9H2,(H,18,20). The van der Waals surface area contributed by atoms with Crippen LogP contribution in [0.5, 0.6) is 0 Å². The van der Waals surface area contributed by atoms with Gasteiger partial charge in [0.2, 0.25) is 0 Å². The van der Waals surface area contributed by atoms with Gasteiger partial charge in [-0.2, -0.15) is 0 Å².